The highest BCUT2D eigenvalue weighted by Gasteiger charge is 2.34. The van der Waals surface area contributed by atoms with Gasteiger partial charge in [-0.3, -0.25) is 9.59 Å². The van der Waals surface area contributed by atoms with Crippen molar-refractivity contribution in [1.82, 2.24) is 14.7 Å². The van der Waals surface area contributed by atoms with Crippen LogP contribution in [0, 0.1) is 6.92 Å². The Morgan fingerprint density at radius 3 is 2.43 bits per heavy atom. The molecule has 0 fully saturated rings. The Kier molecular flexibility index (Phi) is 4.43. The zero-order valence-corrected chi connectivity index (χ0v) is 15.3. The summed E-state index contributed by atoms with van der Waals surface area (Å²) in [6, 6.07) is 13.6. The van der Waals surface area contributed by atoms with Crippen LogP contribution in [0.1, 0.15) is 16.8 Å². The van der Waals surface area contributed by atoms with Crippen molar-refractivity contribution < 1.29 is 14.7 Å². The van der Waals surface area contributed by atoms with E-state index in [2.05, 4.69) is 5.10 Å². The predicted molar refractivity (Wildman–Crippen MR) is 103 cm³/mol. The van der Waals surface area contributed by atoms with Gasteiger partial charge >= 0.3 is 5.97 Å². The standard InChI is InChI=1S/C21H19N3O4/c1-13-16-8-4-5-9-17(16)20(26)24(22-13)12-19(25)23-11-15-7-3-2-6-14(15)10-18(23)21(27)28/h2-9,18H,10-12H2,1H3,(H,27,28)/t18-/m0/s1. The molecule has 1 N–H and O–H groups in total. The van der Waals surface area contributed by atoms with Crippen molar-refractivity contribution in [3.8, 4) is 0 Å². The number of aryl methyl sites for hydroxylation is 1. The maximum atomic E-state index is 13.0. The SMILES string of the molecule is Cc1nn(CC(=O)N2Cc3ccccc3C[C@H]2C(=O)O)c(=O)c2ccccc12. The van der Waals surface area contributed by atoms with Crippen LogP contribution >= 0.6 is 0 Å². The van der Waals surface area contributed by atoms with Crippen molar-refractivity contribution in [3.63, 3.8) is 0 Å². The molecule has 0 saturated carbocycles. The zero-order valence-electron chi connectivity index (χ0n) is 15.3. The van der Waals surface area contributed by atoms with Gasteiger partial charge in [0.05, 0.1) is 11.1 Å². The second kappa shape index (κ2) is 6.92. The number of aliphatic carboxylic acids is 1. The molecular weight excluding hydrogens is 358 g/mol. The van der Waals surface area contributed by atoms with E-state index < -0.39 is 17.9 Å². The average molecular weight is 377 g/mol. The molecule has 0 saturated heterocycles. The van der Waals surface area contributed by atoms with E-state index >= 15 is 0 Å². The third kappa shape index (κ3) is 3.05. The van der Waals surface area contributed by atoms with Gasteiger partial charge in [-0.1, -0.05) is 42.5 Å². The van der Waals surface area contributed by atoms with Crippen molar-refractivity contribution in [2.75, 3.05) is 0 Å². The average Bonchev–Trinajstić information content (AvgIpc) is 2.70. The van der Waals surface area contributed by atoms with E-state index in [4.69, 9.17) is 0 Å². The molecule has 142 valence electrons. The molecule has 0 radical (unpaired) electrons. The molecule has 1 amide bonds. The minimum atomic E-state index is -1.06. The largest absolute Gasteiger partial charge is 0.480 e. The fourth-order valence-corrected chi connectivity index (χ4v) is 3.74. The van der Waals surface area contributed by atoms with Crippen molar-refractivity contribution >= 4 is 22.6 Å². The highest BCUT2D eigenvalue weighted by atomic mass is 16.4. The van der Waals surface area contributed by atoms with Gasteiger partial charge < -0.3 is 10.0 Å². The molecule has 0 unspecified atom stereocenters. The second-order valence-electron chi connectivity index (χ2n) is 6.94. The number of rotatable bonds is 3. The molecule has 4 rings (SSSR count). The number of hydrogen-bond donors (Lipinski definition) is 1. The van der Waals surface area contributed by atoms with Crippen LogP contribution in [0.25, 0.3) is 10.8 Å². The number of carboxylic acid groups (broad SMARTS) is 1. The number of fused-ring (bicyclic) bond motifs is 2. The maximum Gasteiger partial charge on any atom is 0.326 e. The van der Waals surface area contributed by atoms with Crippen molar-refractivity contribution in [2.24, 2.45) is 0 Å². The first-order chi connectivity index (χ1) is 13.5. The summed E-state index contributed by atoms with van der Waals surface area (Å²) >= 11 is 0. The summed E-state index contributed by atoms with van der Waals surface area (Å²) in [7, 11) is 0. The monoisotopic (exact) mass is 377 g/mol. The summed E-state index contributed by atoms with van der Waals surface area (Å²) in [6.45, 7) is 1.68. The molecule has 2 heterocycles. The molecule has 7 heteroatoms. The van der Waals surface area contributed by atoms with E-state index in [1.54, 1.807) is 19.1 Å². The van der Waals surface area contributed by atoms with E-state index in [1.165, 1.54) is 4.90 Å². The molecule has 7 nitrogen and oxygen atoms in total. The van der Waals surface area contributed by atoms with E-state index in [0.29, 0.717) is 11.1 Å². The van der Waals surface area contributed by atoms with E-state index in [1.807, 2.05) is 36.4 Å². The number of carbonyl (C=O) groups excluding carboxylic acids is 1. The van der Waals surface area contributed by atoms with Crippen LogP contribution in [0.2, 0.25) is 0 Å². The van der Waals surface area contributed by atoms with Crippen LogP contribution in [-0.2, 0) is 29.1 Å². The third-order valence-corrected chi connectivity index (χ3v) is 5.19. The van der Waals surface area contributed by atoms with Gasteiger partial charge in [-0.05, 0) is 24.1 Å². The van der Waals surface area contributed by atoms with Gasteiger partial charge in [0.25, 0.3) is 5.56 Å². The summed E-state index contributed by atoms with van der Waals surface area (Å²) in [5, 5.41) is 15.1. The summed E-state index contributed by atoms with van der Waals surface area (Å²) in [5.41, 5.74) is 2.12. The topological polar surface area (TPSA) is 92.5 Å². The lowest BCUT2D eigenvalue weighted by Crippen LogP contribution is -2.50. The van der Waals surface area contributed by atoms with E-state index in [9.17, 15) is 19.5 Å². The van der Waals surface area contributed by atoms with Gasteiger partial charge in [0.2, 0.25) is 5.91 Å². The highest BCUT2D eigenvalue weighted by molar-refractivity contribution is 5.86. The van der Waals surface area contributed by atoms with Crippen LogP contribution in [0.5, 0.6) is 0 Å². The number of aromatic nitrogens is 2. The molecule has 1 atom stereocenters. The van der Waals surface area contributed by atoms with E-state index in [0.717, 1.165) is 21.2 Å². The summed E-state index contributed by atoms with van der Waals surface area (Å²) < 4.78 is 1.12. The van der Waals surface area contributed by atoms with Crippen molar-refractivity contribution in [1.29, 1.82) is 0 Å². The minimum absolute atomic E-state index is 0.202. The molecule has 3 aromatic rings. The Hall–Kier alpha value is -3.48. The Morgan fingerprint density at radius 2 is 1.71 bits per heavy atom. The molecule has 2 aromatic carbocycles. The second-order valence-corrected chi connectivity index (χ2v) is 6.94. The summed E-state index contributed by atoms with van der Waals surface area (Å²) in [5.74, 6) is -1.50. The number of amides is 1. The van der Waals surface area contributed by atoms with Gasteiger partial charge in [0.1, 0.15) is 12.6 Å². The minimum Gasteiger partial charge on any atom is -0.480 e. The molecule has 28 heavy (non-hydrogen) atoms. The van der Waals surface area contributed by atoms with Gasteiger partial charge in [-0.15, -0.1) is 0 Å². The van der Waals surface area contributed by atoms with Gasteiger partial charge in [0.15, 0.2) is 0 Å². The van der Waals surface area contributed by atoms with Crippen molar-refractivity contribution in [3.05, 3.63) is 75.7 Å². The summed E-state index contributed by atoms with van der Waals surface area (Å²) in [6.07, 6.45) is 0.246. The lowest BCUT2D eigenvalue weighted by Gasteiger charge is -2.34. The molecule has 1 aliphatic rings. The number of carbonyl (C=O) groups is 2. The lowest BCUT2D eigenvalue weighted by atomic mass is 9.94. The van der Waals surface area contributed by atoms with Gasteiger partial charge in [-0.2, -0.15) is 5.10 Å². The number of carboxylic acids is 1. The van der Waals surface area contributed by atoms with Crippen LogP contribution in [0.4, 0.5) is 0 Å². The first-order valence-corrected chi connectivity index (χ1v) is 9.01. The normalized spacial score (nSPS) is 16.0. The van der Waals surface area contributed by atoms with E-state index in [-0.39, 0.29) is 25.1 Å². The van der Waals surface area contributed by atoms with Crippen LogP contribution in [0.15, 0.2) is 53.3 Å². The Labute approximate surface area is 160 Å². The molecule has 0 aliphatic carbocycles. The Morgan fingerprint density at radius 1 is 1.07 bits per heavy atom. The third-order valence-electron chi connectivity index (χ3n) is 5.19. The number of hydrogen-bond acceptors (Lipinski definition) is 4. The number of nitrogens with zero attached hydrogens (tertiary/aromatic N) is 3. The Balaban J connectivity index is 1.68. The zero-order chi connectivity index (χ0) is 19.8. The fourth-order valence-electron chi connectivity index (χ4n) is 3.74. The maximum absolute atomic E-state index is 13.0. The quantitative estimate of drug-likeness (QED) is 0.751. The highest BCUT2D eigenvalue weighted by Crippen LogP contribution is 2.24. The molecule has 1 aliphatic heterocycles. The van der Waals surface area contributed by atoms with Gasteiger partial charge in [-0.25, -0.2) is 9.48 Å². The molecule has 1 aromatic heterocycles. The molecule has 0 bridgehead atoms. The van der Waals surface area contributed by atoms with Gasteiger partial charge in [0, 0.05) is 18.4 Å². The molecule has 0 spiro atoms. The fraction of sp³-hybridized carbons (Fsp3) is 0.238. The van der Waals surface area contributed by atoms with Crippen LogP contribution < -0.4 is 5.56 Å². The van der Waals surface area contributed by atoms with Crippen molar-refractivity contribution in [2.45, 2.75) is 32.5 Å². The summed E-state index contributed by atoms with van der Waals surface area (Å²) in [4.78, 5) is 38.8. The lowest BCUT2D eigenvalue weighted by molar-refractivity contribution is -0.151. The first-order valence-electron chi connectivity index (χ1n) is 9.01. The molecular formula is C21H19N3O4. The first kappa shape index (κ1) is 17.9. The number of benzene rings is 2. The predicted octanol–water partition coefficient (Wildman–Crippen LogP) is 1.74. The van der Waals surface area contributed by atoms with Crippen LogP contribution in [-0.4, -0.2) is 37.7 Å². The van der Waals surface area contributed by atoms with Crippen LogP contribution in [0.3, 0.4) is 0 Å². The smallest absolute Gasteiger partial charge is 0.326 e. The Bertz CT molecular complexity index is 1150.